The second-order valence-corrected chi connectivity index (χ2v) is 10.1. The Bertz CT molecular complexity index is 1090. The molecule has 2 aromatic rings. The Hall–Kier alpha value is -2.78. The van der Waals surface area contributed by atoms with Gasteiger partial charge in [-0.3, -0.25) is 9.59 Å². The number of nitrogens with one attached hydrogen (secondary N) is 1. The highest BCUT2D eigenvalue weighted by Crippen LogP contribution is 2.65. The number of primary amides is 1. The third-order valence-corrected chi connectivity index (χ3v) is 7.50. The van der Waals surface area contributed by atoms with Gasteiger partial charge in [0.25, 0.3) is 5.92 Å². The summed E-state index contributed by atoms with van der Waals surface area (Å²) in [7, 11) is 5.24. The van der Waals surface area contributed by atoms with Gasteiger partial charge in [-0.2, -0.15) is 0 Å². The molecule has 1 aliphatic rings. The number of benzene rings is 1. The quantitative estimate of drug-likeness (QED) is 0.438. The van der Waals surface area contributed by atoms with Gasteiger partial charge in [-0.15, -0.1) is 0 Å². The van der Waals surface area contributed by atoms with E-state index in [2.05, 4.69) is 10.3 Å². The normalized spacial score (nSPS) is 16.3. The zero-order valence-corrected chi connectivity index (χ0v) is 21.7. The first-order chi connectivity index (χ1) is 16.9. The van der Waals surface area contributed by atoms with Crippen LogP contribution in [-0.4, -0.2) is 61.4 Å². The van der Waals surface area contributed by atoms with Crippen molar-refractivity contribution in [3.63, 3.8) is 0 Å². The van der Waals surface area contributed by atoms with Crippen molar-refractivity contribution in [1.82, 2.24) is 15.2 Å². The third kappa shape index (κ3) is 6.31. The molecule has 1 fully saturated rings. The molecule has 36 heavy (non-hydrogen) atoms. The van der Waals surface area contributed by atoms with Gasteiger partial charge in [0, 0.05) is 53.2 Å². The predicted molar refractivity (Wildman–Crippen MR) is 135 cm³/mol. The molecule has 1 saturated carbocycles. The summed E-state index contributed by atoms with van der Waals surface area (Å²) in [6, 6.07) is 8.10. The van der Waals surface area contributed by atoms with Gasteiger partial charge in [-0.05, 0) is 63.5 Å². The molecule has 196 valence electrons. The molecule has 1 unspecified atom stereocenters. The lowest BCUT2D eigenvalue weighted by Crippen LogP contribution is -2.43. The van der Waals surface area contributed by atoms with Crippen LogP contribution in [0.15, 0.2) is 36.5 Å². The summed E-state index contributed by atoms with van der Waals surface area (Å²) in [4.78, 5) is 30.5. The lowest BCUT2D eigenvalue weighted by Gasteiger charge is -2.32. The number of halogens is 3. The molecular weight excluding hydrogens is 490 g/mol. The summed E-state index contributed by atoms with van der Waals surface area (Å²) in [6.07, 6.45) is 2.64. The van der Waals surface area contributed by atoms with Gasteiger partial charge in [0.15, 0.2) is 0 Å². The predicted octanol–water partition coefficient (Wildman–Crippen LogP) is 4.04. The monoisotopic (exact) mass is 522 g/mol. The lowest BCUT2D eigenvalue weighted by atomic mass is 9.77. The maximum absolute atomic E-state index is 14.6. The van der Waals surface area contributed by atoms with Gasteiger partial charge in [-0.1, -0.05) is 23.7 Å². The number of rotatable bonds is 12. The van der Waals surface area contributed by atoms with Crippen LogP contribution in [0.4, 0.5) is 8.78 Å². The van der Waals surface area contributed by atoms with E-state index in [1.807, 2.05) is 19.0 Å². The number of ether oxygens (including phenoxy) is 1. The van der Waals surface area contributed by atoms with Crippen LogP contribution in [0.5, 0.6) is 5.88 Å². The van der Waals surface area contributed by atoms with Crippen molar-refractivity contribution in [3.05, 3.63) is 58.2 Å². The minimum atomic E-state index is -2.93. The van der Waals surface area contributed by atoms with E-state index in [-0.39, 0.29) is 18.4 Å². The van der Waals surface area contributed by atoms with E-state index in [4.69, 9.17) is 22.1 Å². The summed E-state index contributed by atoms with van der Waals surface area (Å²) in [6.45, 7) is 1.22. The standard InChI is InChI=1S/C26H33ClF2N4O3/c1-25(28,29)26(9-10-26)20(18-7-8-23(36-4)32-14-18)13-22(34)31-15-19(33(2)3)11-16-5-6-17(24(30)35)12-21(16)27/h5-8,12,14,19-20H,9-11,13,15H2,1-4H3,(H2,30,35)(H,31,34)/t19-,20?/m0/s1. The van der Waals surface area contributed by atoms with Crippen molar-refractivity contribution < 1.29 is 23.1 Å². The van der Waals surface area contributed by atoms with E-state index in [0.717, 1.165) is 12.5 Å². The van der Waals surface area contributed by atoms with Gasteiger partial charge >= 0.3 is 0 Å². The molecular formula is C26H33ClF2N4O3. The summed E-state index contributed by atoms with van der Waals surface area (Å²) in [5, 5.41) is 3.33. The Morgan fingerprint density at radius 1 is 1.28 bits per heavy atom. The molecule has 1 aliphatic carbocycles. The van der Waals surface area contributed by atoms with Gasteiger partial charge in [0.1, 0.15) is 0 Å². The number of carbonyl (C=O) groups excluding carboxylic acids is 2. The molecule has 1 aromatic heterocycles. The lowest BCUT2D eigenvalue weighted by molar-refractivity contribution is -0.123. The maximum atomic E-state index is 14.6. The number of methoxy groups -OCH3 is 1. The van der Waals surface area contributed by atoms with Crippen molar-refractivity contribution in [2.45, 2.75) is 50.5 Å². The number of hydrogen-bond donors (Lipinski definition) is 2. The van der Waals surface area contributed by atoms with E-state index >= 15 is 0 Å². The molecule has 0 spiro atoms. The molecule has 7 nitrogen and oxygen atoms in total. The summed E-state index contributed by atoms with van der Waals surface area (Å²) in [5.74, 6) is -4.10. The Labute approximate surface area is 215 Å². The van der Waals surface area contributed by atoms with Crippen LogP contribution < -0.4 is 15.8 Å². The largest absolute Gasteiger partial charge is 0.481 e. The molecule has 0 saturated heterocycles. The SMILES string of the molecule is COc1ccc(C(CC(=O)NC[C@H](Cc2ccc(C(N)=O)cc2Cl)N(C)C)C2(C(C)(F)F)CC2)cn1. The fraction of sp³-hybridized carbons (Fsp3) is 0.500. The van der Waals surface area contributed by atoms with E-state index < -0.39 is 23.2 Å². The molecule has 3 rings (SSSR count). The third-order valence-electron chi connectivity index (χ3n) is 7.15. The van der Waals surface area contributed by atoms with Crippen LogP contribution in [0, 0.1) is 5.41 Å². The van der Waals surface area contributed by atoms with Crippen LogP contribution >= 0.6 is 11.6 Å². The fourth-order valence-corrected chi connectivity index (χ4v) is 4.88. The molecule has 2 atom stereocenters. The van der Waals surface area contributed by atoms with E-state index in [1.165, 1.54) is 19.4 Å². The van der Waals surface area contributed by atoms with Gasteiger partial charge in [0.2, 0.25) is 17.7 Å². The van der Waals surface area contributed by atoms with E-state index in [0.29, 0.717) is 47.8 Å². The van der Waals surface area contributed by atoms with Crippen LogP contribution in [0.3, 0.4) is 0 Å². The van der Waals surface area contributed by atoms with Crippen LogP contribution in [0.2, 0.25) is 5.02 Å². The van der Waals surface area contributed by atoms with E-state index in [9.17, 15) is 18.4 Å². The number of nitrogens with two attached hydrogens (primary N) is 1. The molecule has 2 amide bonds. The average Bonchev–Trinajstić information content (AvgIpc) is 3.63. The van der Waals surface area contributed by atoms with Crippen LogP contribution in [0.25, 0.3) is 0 Å². The van der Waals surface area contributed by atoms with Gasteiger partial charge < -0.3 is 20.7 Å². The summed E-state index contributed by atoms with van der Waals surface area (Å²) >= 11 is 6.34. The number of nitrogens with zero attached hydrogens (tertiary/aromatic N) is 2. The highest BCUT2D eigenvalue weighted by Gasteiger charge is 2.63. The zero-order valence-electron chi connectivity index (χ0n) is 21.0. The van der Waals surface area contributed by atoms with Crippen molar-refractivity contribution >= 4 is 23.4 Å². The Kier molecular flexibility index (Phi) is 8.56. The van der Waals surface area contributed by atoms with E-state index in [1.54, 1.807) is 24.3 Å². The second kappa shape index (κ2) is 11.1. The Balaban J connectivity index is 1.71. The summed E-state index contributed by atoms with van der Waals surface area (Å²) in [5.41, 5.74) is 5.76. The number of alkyl halides is 2. The molecule has 1 heterocycles. The summed E-state index contributed by atoms with van der Waals surface area (Å²) < 4.78 is 34.4. The number of likely N-dealkylation sites (N-methyl/N-ethyl adjacent to an activating group) is 1. The minimum absolute atomic E-state index is 0.0777. The number of carbonyl (C=O) groups is 2. The second-order valence-electron chi connectivity index (χ2n) is 9.73. The minimum Gasteiger partial charge on any atom is -0.481 e. The first-order valence-electron chi connectivity index (χ1n) is 11.8. The van der Waals surface area contributed by atoms with Crippen molar-refractivity contribution in [2.75, 3.05) is 27.7 Å². The number of amides is 2. The van der Waals surface area contributed by atoms with Crippen molar-refractivity contribution in [3.8, 4) is 5.88 Å². The average molecular weight is 523 g/mol. The zero-order chi connectivity index (χ0) is 26.7. The van der Waals surface area contributed by atoms with Gasteiger partial charge in [0.05, 0.1) is 7.11 Å². The Morgan fingerprint density at radius 2 is 1.97 bits per heavy atom. The number of pyridine rings is 1. The molecule has 0 aliphatic heterocycles. The Morgan fingerprint density at radius 3 is 2.44 bits per heavy atom. The maximum Gasteiger partial charge on any atom is 0.251 e. The number of hydrogen-bond acceptors (Lipinski definition) is 5. The molecule has 10 heteroatoms. The molecule has 0 radical (unpaired) electrons. The molecule has 0 bridgehead atoms. The highest BCUT2D eigenvalue weighted by atomic mass is 35.5. The first kappa shape index (κ1) is 27.8. The van der Waals surface area contributed by atoms with Crippen molar-refractivity contribution in [1.29, 1.82) is 0 Å². The highest BCUT2D eigenvalue weighted by molar-refractivity contribution is 6.31. The van der Waals surface area contributed by atoms with Crippen molar-refractivity contribution in [2.24, 2.45) is 11.1 Å². The molecule has 1 aromatic carbocycles. The smallest absolute Gasteiger partial charge is 0.251 e. The number of aromatic nitrogens is 1. The van der Waals surface area contributed by atoms with Crippen LogP contribution in [0.1, 0.15) is 53.6 Å². The topological polar surface area (TPSA) is 97.5 Å². The fourth-order valence-electron chi connectivity index (χ4n) is 4.63. The van der Waals surface area contributed by atoms with Crippen LogP contribution in [-0.2, 0) is 11.2 Å². The molecule has 3 N–H and O–H groups in total. The first-order valence-corrected chi connectivity index (χ1v) is 12.1. The van der Waals surface area contributed by atoms with Gasteiger partial charge in [-0.25, -0.2) is 13.8 Å².